The van der Waals surface area contributed by atoms with Gasteiger partial charge in [0.05, 0.1) is 15.5 Å². The Morgan fingerprint density at radius 1 is 1.13 bits per heavy atom. The first-order valence-electron chi connectivity index (χ1n) is 8.85. The maximum absolute atomic E-state index is 12.4. The molecule has 0 radical (unpaired) electrons. The van der Waals surface area contributed by atoms with E-state index in [1.54, 1.807) is 53.5 Å². The summed E-state index contributed by atoms with van der Waals surface area (Å²) in [6.07, 6.45) is 4.76. The second kappa shape index (κ2) is 8.59. The monoisotopic (exact) mass is 436 g/mol. The highest BCUT2D eigenvalue weighted by molar-refractivity contribution is 6.34. The van der Waals surface area contributed by atoms with E-state index in [1.165, 1.54) is 18.5 Å². The minimum Gasteiger partial charge on any atom is -0.439 e. The van der Waals surface area contributed by atoms with Crippen molar-refractivity contribution in [1.82, 2.24) is 19.7 Å². The van der Waals surface area contributed by atoms with Crippen LogP contribution in [-0.4, -0.2) is 30.6 Å². The number of amides is 1. The molecule has 0 aliphatic heterocycles. The molecule has 31 heavy (non-hydrogen) atoms. The molecule has 0 fully saturated rings. The van der Waals surface area contributed by atoms with E-state index in [2.05, 4.69) is 20.4 Å². The molecule has 154 valence electrons. The van der Waals surface area contributed by atoms with Crippen molar-refractivity contribution >= 4 is 28.9 Å². The lowest BCUT2D eigenvalue weighted by Gasteiger charge is -2.09. The molecule has 1 amide bonds. The highest BCUT2D eigenvalue weighted by Gasteiger charge is 2.15. The molecule has 0 unspecified atom stereocenters. The summed E-state index contributed by atoms with van der Waals surface area (Å²) in [5.41, 5.74) is 0.426. The molecule has 0 saturated carbocycles. The van der Waals surface area contributed by atoms with Crippen molar-refractivity contribution in [2.24, 2.45) is 0 Å². The highest BCUT2D eigenvalue weighted by Crippen LogP contribution is 2.25. The highest BCUT2D eigenvalue weighted by atomic mass is 35.5. The van der Waals surface area contributed by atoms with Gasteiger partial charge in [0.2, 0.25) is 5.88 Å². The van der Waals surface area contributed by atoms with Crippen LogP contribution >= 0.6 is 11.6 Å². The Bertz CT molecular complexity index is 1250. The average Bonchev–Trinajstić information content (AvgIpc) is 3.30. The Morgan fingerprint density at radius 2 is 1.94 bits per heavy atom. The van der Waals surface area contributed by atoms with Crippen LogP contribution < -0.4 is 10.1 Å². The summed E-state index contributed by atoms with van der Waals surface area (Å²) in [6.45, 7) is 0. The third kappa shape index (κ3) is 4.65. The molecule has 4 aromatic rings. The molecular formula is C20H13ClN6O4. The smallest absolute Gasteiger partial charge is 0.270 e. The summed E-state index contributed by atoms with van der Waals surface area (Å²) >= 11 is 6.00. The Hall–Kier alpha value is -4.31. The van der Waals surface area contributed by atoms with Crippen LogP contribution in [0.1, 0.15) is 10.4 Å². The van der Waals surface area contributed by atoms with Gasteiger partial charge in [0, 0.05) is 36.3 Å². The lowest BCUT2D eigenvalue weighted by atomic mass is 10.2. The Kier molecular flexibility index (Phi) is 5.54. The number of anilines is 1. The van der Waals surface area contributed by atoms with Crippen LogP contribution in [0.2, 0.25) is 5.02 Å². The fourth-order valence-electron chi connectivity index (χ4n) is 2.64. The van der Waals surface area contributed by atoms with E-state index in [0.29, 0.717) is 23.1 Å². The van der Waals surface area contributed by atoms with Crippen LogP contribution in [0.4, 0.5) is 11.4 Å². The zero-order valence-corrected chi connectivity index (χ0v) is 16.4. The lowest BCUT2D eigenvalue weighted by molar-refractivity contribution is -0.384. The molecule has 0 aliphatic rings. The van der Waals surface area contributed by atoms with Gasteiger partial charge in [0.25, 0.3) is 11.6 Å². The van der Waals surface area contributed by atoms with Gasteiger partial charge in [0.15, 0.2) is 5.82 Å². The molecule has 2 heterocycles. The number of non-ortho nitro benzene ring substituents is 1. The van der Waals surface area contributed by atoms with E-state index in [1.807, 2.05) is 0 Å². The summed E-state index contributed by atoms with van der Waals surface area (Å²) in [5.74, 6) is 0.888. The Morgan fingerprint density at radius 3 is 2.61 bits per heavy atom. The van der Waals surface area contributed by atoms with Crippen molar-refractivity contribution < 1.29 is 14.5 Å². The fourth-order valence-corrected chi connectivity index (χ4v) is 2.90. The molecule has 0 aliphatic carbocycles. The van der Waals surface area contributed by atoms with Crippen molar-refractivity contribution in [2.75, 3.05) is 5.32 Å². The summed E-state index contributed by atoms with van der Waals surface area (Å²) in [6, 6.07) is 13.7. The van der Waals surface area contributed by atoms with Crippen LogP contribution in [0, 0.1) is 10.1 Å². The number of carbonyl (C=O) groups is 1. The molecule has 2 aromatic heterocycles. The molecule has 10 nitrogen and oxygen atoms in total. The maximum Gasteiger partial charge on any atom is 0.270 e. The Balaban J connectivity index is 1.43. The van der Waals surface area contributed by atoms with E-state index in [-0.39, 0.29) is 16.3 Å². The molecule has 0 spiro atoms. The molecular weight excluding hydrogens is 424 g/mol. The van der Waals surface area contributed by atoms with Gasteiger partial charge < -0.3 is 10.1 Å². The van der Waals surface area contributed by atoms with Crippen molar-refractivity contribution in [1.29, 1.82) is 0 Å². The van der Waals surface area contributed by atoms with E-state index >= 15 is 0 Å². The average molecular weight is 437 g/mol. The van der Waals surface area contributed by atoms with Gasteiger partial charge in [0.1, 0.15) is 12.1 Å². The third-order valence-corrected chi connectivity index (χ3v) is 4.42. The van der Waals surface area contributed by atoms with E-state index in [4.69, 9.17) is 16.3 Å². The van der Waals surface area contributed by atoms with Crippen molar-refractivity contribution in [3.05, 3.63) is 94.0 Å². The summed E-state index contributed by atoms with van der Waals surface area (Å²) in [7, 11) is 0. The number of ether oxygens (including phenoxy) is 1. The first-order valence-corrected chi connectivity index (χ1v) is 9.23. The minimum atomic E-state index is -0.581. The number of aromatic nitrogens is 4. The molecule has 2 aromatic carbocycles. The summed E-state index contributed by atoms with van der Waals surface area (Å²) in [5, 5.41) is 17.6. The van der Waals surface area contributed by atoms with Crippen LogP contribution in [0.25, 0.3) is 5.82 Å². The fraction of sp³-hybridized carbons (Fsp3) is 0. The van der Waals surface area contributed by atoms with Gasteiger partial charge in [-0.2, -0.15) is 5.10 Å². The first kappa shape index (κ1) is 20.0. The zero-order valence-electron chi connectivity index (χ0n) is 15.7. The molecule has 0 saturated heterocycles. The molecule has 11 heteroatoms. The van der Waals surface area contributed by atoms with Gasteiger partial charge in [-0.15, -0.1) is 0 Å². The van der Waals surface area contributed by atoms with Gasteiger partial charge in [-0.1, -0.05) is 11.6 Å². The molecule has 4 rings (SSSR count). The van der Waals surface area contributed by atoms with E-state index in [9.17, 15) is 14.9 Å². The summed E-state index contributed by atoms with van der Waals surface area (Å²) in [4.78, 5) is 30.8. The van der Waals surface area contributed by atoms with Crippen molar-refractivity contribution in [3.63, 3.8) is 0 Å². The van der Waals surface area contributed by atoms with Gasteiger partial charge in [-0.25, -0.2) is 14.6 Å². The number of nitrogens with one attached hydrogen (secondary N) is 1. The largest absolute Gasteiger partial charge is 0.439 e. The van der Waals surface area contributed by atoms with Gasteiger partial charge in [-0.3, -0.25) is 14.9 Å². The van der Waals surface area contributed by atoms with Gasteiger partial charge in [-0.05, 0) is 36.4 Å². The lowest BCUT2D eigenvalue weighted by Crippen LogP contribution is -2.12. The number of hydrogen-bond acceptors (Lipinski definition) is 7. The molecule has 0 atom stereocenters. The standard InChI is InChI=1S/C20H13ClN6O4/c21-17-10-14(27(29)30)4-7-16(17)20(28)25-13-2-5-15(6-3-13)31-19-11-18(22-12-23-19)26-9-1-8-24-26/h1-12H,(H,25,28). The van der Waals surface area contributed by atoms with Crippen molar-refractivity contribution in [2.45, 2.75) is 0 Å². The number of rotatable bonds is 6. The number of nitro groups is 1. The van der Waals surface area contributed by atoms with Crippen molar-refractivity contribution in [3.8, 4) is 17.4 Å². The minimum absolute atomic E-state index is 0.0107. The first-order chi connectivity index (χ1) is 15.0. The van der Waals surface area contributed by atoms with Crippen LogP contribution in [0.15, 0.2) is 73.3 Å². The van der Waals surface area contributed by atoms with E-state index in [0.717, 1.165) is 6.07 Å². The molecule has 1 N–H and O–H groups in total. The quantitative estimate of drug-likeness (QED) is 0.353. The number of hydrogen-bond donors (Lipinski definition) is 1. The van der Waals surface area contributed by atoms with E-state index < -0.39 is 10.8 Å². The number of carbonyl (C=O) groups excluding carboxylic acids is 1. The predicted molar refractivity (Wildman–Crippen MR) is 112 cm³/mol. The van der Waals surface area contributed by atoms with Crippen LogP contribution in [0.5, 0.6) is 11.6 Å². The number of nitro benzene ring substituents is 1. The Labute approximate surface area is 180 Å². The summed E-state index contributed by atoms with van der Waals surface area (Å²) < 4.78 is 7.31. The molecule has 0 bridgehead atoms. The topological polar surface area (TPSA) is 125 Å². The number of benzene rings is 2. The third-order valence-electron chi connectivity index (χ3n) is 4.11. The van der Waals surface area contributed by atoms with Crippen LogP contribution in [-0.2, 0) is 0 Å². The number of nitrogens with zero attached hydrogens (tertiary/aromatic N) is 5. The second-order valence-electron chi connectivity index (χ2n) is 6.17. The SMILES string of the molecule is O=C(Nc1ccc(Oc2cc(-n3cccn3)ncn2)cc1)c1ccc([N+](=O)[O-])cc1Cl. The normalized spacial score (nSPS) is 10.5. The second-order valence-corrected chi connectivity index (χ2v) is 6.57. The predicted octanol–water partition coefficient (Wildman–Crippen LogP) is 4.27. The maximum atomic E-state index is 12.4. The van der Waals surface area contributed by atoms with Crippen LogP contribution in [0.3, 0.4) is 0 Å². The number of halogens is 1. The zero-order chi connectivity index (χ0) is 21.8. The van der Waals surface area contributed by atoms with Gasteiger partial charge >= 0.3 is 0 Å².